The lowest BCUT2D eigenvalue weighted by molar-refractivity contribution is -0.125. The van der Waals surface area contributed by atoms with Gasteiger partial charge in [-0.3, -0.25) is 14.1 Å². The number of allylic oxidation sites excluding steroid dienone is 2. The third-order valence-electron chi connectivity index (χ3n) is 12.0. The molecule has 2 amide bonds. The van der Waals surface area contributed by atoms with Crippen molar-refractivity contribution >= 4 is 55.9 Å². The van der Waals surface area contributed by atoms with Gasteiger partial charge in [-0.2, -0.15) is 20.2 Å². The van der Waals surface area contributed by atoms with E-state index in [2.05, 4.69) is 41.0 Å². The van der Waals surface area contributed by atoms with Crippen LogP contribution in [0.3, 0.4) is 0 Å². The Morgan fingerprint density at radius 3 is 2.54 bits per heavy atom. The van der Waals surface area contributed by atoms with Gasteiger partial charge in [-0.15, -0.1) is 0 Å². The Morgan fingerprint density at radius 2 is 1.72 bits per heavy atom. The van der Waals surface area contributed by atoms with E-state index in [1.807, 2.05) is 0 Å². The predicted molar refractivity (Wildman–Crippen MR) is 197 cm³/mol. The van der Waals surface area contributed by atoms with Crippen LogP contribution in [0.2, 0.25) is 0 Å². The van der Waals surface area contributed by atoms with Gasteiger partial charge in [0, 0.05) is 41.8 Å². The number of fused-ring (bicyclic) bond motifs is 6. The van der Waals surface area contributed by atoms with Gasteiger partial charge >= 0.3 is 0 Å². The molecule has 0 radical (unpaired) electrons. The van der Waals surface area contributed by atoms with Crippen LogP contribution in [0.15, 0.2) is 58.1 Å². The molecule has 5 N–H and O–H groups in total. The maximum Gasteiger partial charge on any atom is 0.295 e. The van der Waals surface area contributed by atoms with Crippen molar-refractivity contribution in [2.75, 3.05) is 43.1 Å². The van der Waals surface area contributed by atoms with Crippen LogP contribution in [0.5, 0.6) is 0 Å². The van der Waals surface area contributed by atoms with Gasteiger partial charge < -0.3 is 25.9 Å². The summed E-state index contributed by atoms with van der Waals surface area (Å²) in [6.07, 6.45) is 10.6. The summed E-state index contributed by atoms with van der Waals surface area (Å²) in [4.78, 5) is 29.9. The largest absolute Gasteiger partial charge is 0.393 e. The zero-order valence-corrected chi connectivity index (χ0v) is 30.6. The van der Waals surface area contributed by atoms with Crippen molar-refractivity contribution in [3.05, 3.63) is 48.0 Å². The minimum atomic E-state index is -4.35. The van der Waals surface area contributed by atoms with E-state index < -0.39 is 10.1 Å². The molecule has 4 aliphatic carbocycles. The molecule has 13 heteroatoms. The smallest absolute Gasteiger partial charge is 0.295 e. The summed E-state index contributed by atoms with van der Waals surface area (Å²) in [5.41, 5.74) is 3.34. The Bertz CT molecular complexity index is 1760. The molecule has 0 aromatic heterocycles. The van der Waals surface area contributed by atoms with Crippen molar-refractivity contribution in [1.29, 1.82) is 0 Å². The van der Waals surface area contributed by atoms with Crippen LogP contribution in [-0.2, 0) is 24.5 Å². The van der Waals surface area contributed by atoms with Crippen LogP contribution < -0.4 is 16.0 Å². The minimum absolute atomic E-state index is 0.0904. The van der Waals surface area contributed by atoms with Crippen LogP contribution in [0.1, 0.15) is 65.2 Å². The highest BCUT2D eigenvalue weighted by atomic mass is 32.2. The number of benzene rings is 2. The number of rotatable bonds is 13. The van der Waals surface area contributed by atoms with Crippen LogP contribution in [-0.4, -0.2) is 79.5 Å². The van der Waals surface area contributed by atoms with Crippen molar-refractivity contribution < 1.29 is 32.5 Å². The summed E-state index contributed by atoms with van der Waals surface area (Å²) in [7, 11) is -4.35. The molecular weight excluding hydrogens is 677 g/mol. The Balaban J connectivity index is 0.855. The van der Waals surface area contributed by atoms with E-state index in [1.165, 1.54) is 36.2 Å². The van der Waals surface area contributed by atoms with Crippen molar-refractivity contribution in [2.45, 2.75) is 76.2 Å². The van der Waals surface area contributed by atoms with Crippen LogP contribution >= 0.6 is 11.8 Å². The molecule has 3 unspecified atom stereocenters. The molecule has 2 aromatic carbocycles. The van der Waals surface area contributed by atoms with Gasteiger partial charge in [0.1, 0.15) is 4.90 Å². The fourth-order valence-corrected chi connectivity index (χ4v) is 10.8. The molecule has 11 nitrogen and oxygen atoms in total. The number of thioether (sulfide) groups is 1. The number of hydrogen-bond acceptors (Lipinski definition) is 9. The Kier molecular flexibility index (Phi) is 11.2. The third kappa shape index (κ3) is 7.70. The highest BCUT2D eigenvalue weighted by Crippen LogP contribution is 2.65. The lowest BCUT2D eigenvalue weighted by Gasteiger charge is -2.57. The standard InChI is InChI=1S/C37H50N4O7S2/c1-36-15-13-25(21-24(36)9-10-28-29-11-12-33(42)37(29,2)16-14-30(28)36)41-48-22-34(43)40-19-20-49-23-35(44)39-18-17-38-31-7-3-6-27-26(31)5-4-8-32(27)50(45,46)47/h3-8,21,28-30,33,38,42H,9-20,22-23H2,1-2H3,(H,39,44)(H,40,43)(H,45,46,47)/b41-25-/t28?,29?,30?,33-,36+,37+/m1/s1. The summed E-state index contributed by atoms with van der Waals surface area (Å²) in [6, 6.07) is 9.84. The van der Waals surface area contributed by atoms with E-state index in [0.29, 0.717) is 59.6 Å². The second-order valence-corrected chi connectivity index (χ2v) is 17.3. The van der Waals surface area contributed by atoms with Gasteiger partial charge in [0.2, 0.25) is 5.91 Å². The minimum Gasteiger partial charge on any atom is -0.393 e. The van der Waals surface area contributed by atoms with Crippen LogP contribution in [0, 0.1) is 28.6 Å². The van der Waals surface area contributed by atoms with Crippen LogP contribution in [0.25, 0.3) is 10.8 Å². The monoisotopic (exact) mass is 726 g/mol. The van der Waals surface area contributed by atoms with Gasteiger partial charge in [0.25, 0.3) is 16.0 Å². The summed E-state index contributed by atoms with van der Waals surface area (Å²) >= 11 is 1.42. The first-order chi connectivity index (χ1) is 23.9. The predicted octanol–water partition coefficient (Wildman–Crippen LogP) is 5.16. The number of aliphatic hydroxyl groups is 1. The molecule has 0 aliphatic heterocycles. The molecule has 6 atom stereocenters. The van der Waals surface area contributed by atoms with Gasteiger partial charge in [0.05, 0.1) is 17.6 Å². The average molecular weight is 727 g/mol. The number of nitrogens with zero attached hydrogens (tertiary/aromatic N) is 1. The first kappa shape index (κ1) is 36.7. The number of oxime groups is 1. The SMILES string of the molecule is C[C@]12CC/C(=N/OCC(=O)NCCSCC(=O)NCCNc3cccc4c(S(=O)(=O)O)cccc34)C=C1CCC1C2CC[C@@]2(C)C1CC[C@H]2O. The number of carbonyl (C=O) groups is 2. The van der Waals surface area contributed by atoms with Crippen molar-refractivity contribution in [1.82, 2.24) is 10.6 Å². The van der Waals surface area contributed by atoms with E-state index in [-0.39, 0.29) is 46.0 Å². The highest BCUT2D eigenvalue weighted by Gasteiger charge is 2.58. The maximum atomic E-state index is 12.3. The summed E-state index contributed by atoms with van der Waals surface area (Å²) in [5.74, 6) is 2.44. The summed E-state index contributed by atoms with van der Waals surface area (Å²) in [5, 5.41) is 25.0. The summed E-state index contributed by atoms with van der Waals surface area (Å²) < 4.78 is 32.9. The van der Waals surface area contributed by atoms with E-state index in [1.54, 1.807) is 30.3 Å². The van der Waals surface area contributed by atoms with E-state index in [9.17, 15) is 27.7 Å². The average Bonchev–Trinajstić information content (AvgIpc) is 3.39. The molecule has 0 heterocycles. The fourth-order valence-electron chi connectivity index (χ4n) is 9.38. The van der Waals surface area contributed by atoms with Gasteiger partial charge in [-0.25, -0.2) is 0 Å². The molecular formula is C37H50N4O7S2. The normalized spacial score (nSPS) is 29.8. The lowest BCUT2D eigenvalue weighted by Crippen LogP contribution is -2.51. The molecule has 3 fully saturated rings. The van der Waals surface area contributed by atoms with E-state index in [4.69, 9.17) is 4.84 Å². The van der Waals surface area contributed by atoms with Crippen molar-refractivity contribution in [3.63, 3.8) is 0 Å². The molecule has 3 saturated carbocycles. The maximum absolute atomic E-state index is 12.3. The molecule has 50 heavy (non-hydrogen) atoms. The molecule has 6 rings (SSSR count). The number of amides is 2. The number of aliphatic hydroxyl groups excluding tert-OH is 1. The number of nitrogens with one attached hydrogen (secondary N) is 3. The second-order valence-electron chi connectivity index (χ2n) is 14.8. The van der Waals surface area contributed by atoms with E-state index >= 15 is 0 Å². The molecule has 0 bridgehead atoms. The molecule has 0 saturated heterocycles. The first-order valence-electron chi connectivity index (χ1n) is 17.8. The first-order valence-corrected chi connectivity index (χ1v) is 20.4. The number of hydrogen-bond donors (Lipinski definition) is 5. The molecule has 0 spiro atoms. The van der Waals surface area contributed by atoms with E-state index in [0.717, 1.165) is 44.2 Å². The Labute approximate surface area is 299 Å². The van der Waals surface area contributed by atoms with Crippen LogP contribution in [0.4, 0.5) is 5.69 Å². The van der Waals surface area contributed by atoms with Crippen molar-refractivity contribution in [2.24, 2.45) is 33.7 Å². The topological polar surface area (TPSA) is 166 Å². The zero-order valence-electron chi connectivity index (χ0n) is 28.9. The highest BCUT2D eigenvalue weighted by molar-refractivity contribution is 7.99. The fraction of sp³-hybridized carbons (Fsp3) is 0.595. The van der Waals surface area contributed by atoms with Gasteiger partial charge in [-0.05, 0) is 98.2 Å². The summed E-state index contributed by atoms with van der Waals surface area (Å²) in [6.45, 7) is 5.82. The molecule has 272 valence electrons. The quantitative estimate of drug-likeness (QED) is 0.107. The Hall–Kier alpha value is -3.13. The van der Waals surface area contributed by atoms with Gasteiger partial charge in [0.15, 0.2) is 6.61 Å². The third-order valence-corrected chi connectivity index (χ3v) is 13.9. The number of anilines is 1. The number of carbonyl (C=O) groups excluding carboxylic acids is 2. The van der Waals surface area contributed by atoms with Gasteiger partial charge in [-0.1, -0.05) is 48.8 Å². The Morgan fingerprint density at radius 1 is 0.940 bits per heavy atom. The second kappa shape index (κ2) is 15.2. The van der Waals surface area contributed by atoms with Crippen molar-refractivity contribution in [3.8, 4) is 0 Å². The zero-order chi connectivity index (χ0) is 35.5. The lowest BCUT2D eigenvalue weighted by atomic mass is 9.47. The molecule has 4 aliphatic rings. The molecule has 2 aromatic rings.